The van der Waals surface area contributed by atoms with Crippen LogP contribution in [0.5, 0.6) is 11.5 Å². The van der Waals surface area contributed by atoms with Crippen molar-refractivity contribution in [3.05, 3.63) is 51.5 Å². The third-order valence-corrected chi connectivity index (χ3v) is 4.30. The Bertz CT molecular complexity index is 774. The number of hydrogen-bond acceptors (Lipinski definition) is 3. The molecule has 5 nitrogen and oxygen atoms in total. The fourth-order valence-corrected chi connectivity index (χ4v) is 2.98. The van der Waals surface area contributed by atoms with Crippen LogP contribution in [0.2, 0.25) is 5.02 Å². The van der Waals surface area contributed by atoms with Gasteiger partial charge in [-0.1, -0.05) is 33.6 Å². The van der Waals surface area contributed by atoms with Crippen molar-refractivity contribution in [1.29, 1.82) is 0 Å². The molecule has 0 spiro atoms. The molecule has 0 saturated carbocycles. The second kappa shape index (κ2) is 9.49. The Labute approximate surface area is 177 Å². The first-order chi connectivity index (χ1) is 11.6. The maximum atomic E-state index is 6.18. The van der Waals surface area contributed by atoms with Crippen molar-refractivity contribution in [1.82, 2.24) is 0 Å². The summed E-state index contributed by atoms with van der Waals surface area (Å²) in [5.41, 5.74) is 7.65. The van der Waals surface area contributed by atoms with E-state index in [1.807, 2.05) is 36.4 Å². The smallest absolute Gasteiger partial charge is 0.193 e. The van der Waals surface area contributed by atoms with Gasteiger partial charge in [-0.05, 0) is 29.8 Å². The lowest BCUT2D eigenvalue weighted by molar-refractivity contribution is 0.297. The van der Waals surface area contributed by atoms with E-state index in [1.165, 1.54) is 0 Å². The van der Waals surface area contributed by atoms with E-state index in [0.717, 1.165) is 27.9 Å². The van der Waals surface area contributed by atoms with E-state index in [-0.39, 0.29) is 24.0 Å². The molecule has 0 fully saturated rings. The number of halogens is 3. The second-order valence-corrected chi connectivity index (χ2v) is 6.60. The summed E-state index contributed by atoms with van der Waals surface area (Å²) in [6.45, 7) is 1.70. The van der Waals surface area contributed by atoms with Gasteiger partial charge in [-0.3, -0.25) is 0 Å². The largest absolute Gasteiger partial charge is 0.490 e. The summed E-state index contributed by atoms with van der Waals surface area (Å²) in [6.07, 6.45) is 0.870. The van der Waals surface area contributed by atoms with Gasteiger partial charge in [0.25, 0.3) is 0 Å². The summed E-state index contributed by atoms with van der Waals surface area (Å²) in [7, 11) is 0. The summed E-state index contributed by atoms with van der Waals surface area (Å²) in [4.78, 5) is 4.32. The molecule has 0 unspecified atom stereocenters. The molecule has 0 radical (unpaired) electrons. The van der Waals surface area contributed by atoms with Crippen LogP contribution in [-0.4, -0.2) is 19.2 Å². The van der Waals surface area contributed by atoms with Crippen LogP contribution in [0.25, 0.3) is 0 Å². The average Bonchev–Trinajstić information content (AvgIpc) is 2.79. The Morgan fingerprint density at radius 3 is 2.68 bits per heavy atom. The lowest BCUT2D eigenvalue weighted by Gasteiger charge is -2.11. The van der Waals surface area contributed by atoms with Gasteiger partial charge < -0.3 is 20.5 Å². The van der Waals surface area contributed by atoms with Crippen molar-refractivity contribution >= 4 is 63.2 Å². The van der Waals surface area contributed by atoms with E-state index < -0.39 is 0 Å². The van der Waals surface area contributed by atoms with E-state index in [9.17, 15) is 0 Å². The molecule has 3 N–H and O–H groups in total. The molecule has 1 aliphatic rings. The van der Waals surface area contributed by atoms with Crippen molar-refractivity contribution in [3.63, 3.8) is 0 Å². The fourth-order valence-electron chi connectivity index (χ4n) is 2.25. The molecule has 2 aromatic rings. The van der Waals surface area contributed by atoms with Gasteiger partial charge in [0, 0.05) is 27.7 Å². The summed E-state index contributed by atoms with van der Waals surface area (Å²) < 4.78 is 12.2. The third-order valence-electron chi connectivity index (χ3n) is 3.45. The van der Waals surface area contributed by atoms with Crippen molar-refractivity contribution < 1.29 is 9.47 Å². The predicted octanol–water partition coefficient (Wildman–Crippen LogP) is 4.81. The number of anilines is 1. The summed E-state index contributed by atoms with van der Waals surface area (Å²) in [6, 6.07) is 11.3. The molecular formula is C17H18BrClIN3O2. The molecule has 0 bridgehead atoms. The van der Waals surface area contributed by atoms with Gasteiger partial charge in [0.1, 0.15) is 0 Å². The number of guanidine groups is 1. The van der Waals surface area contributed by atoms with Crippen molar-refractivity contribution in [2.45, 2.75) is 13.0 Å². The molecule has 1 aliphatic heterocycles. The molecule has 3 rings (SSSR count). The molecule has 134 valence electrons. The van der Waals surface area contributed by atoms with E-state index in [4.69, 9.17) is 26.8 Å². The summed E-state index contributed by atoms with van der Waals surface area (Å²) >= 11 is 9.55. The third kappa shape index (κ3) is 5.65. The first kappa shape index (κ1) is 20.1. The second-order valence-electron chi connectivity index (χ2n) is 5.27. The first-order valence-corrected chi connectivity index (χ1v) is 8.69. The molecule has 8 heteroatoms. The number of nitrogens with one attached hydrogen (secondary N) is 1. The lowest BCUT2D eigenvalue weighted by atomic mass is 10.2. The number of nitrogens with zero attached hydrogens (tertiary/aromatic N) is 1. The highest BCUT2D eigenvalue weighted by atomic mass is 127. The topological polar surface area (TPSA) is 68.9 Å². The van der Waals surface area contributed by atoms with Gasteiger partial charge in [-0.25, -0.2) is 4.99 Å². The Morgan fingerprint density at radius 1 is 1.16 bits per heavy atom. The van der Waals surface area contributed by atoms with Crippen LogP contribution in [0, 0.1) is 0 Å². The monoisotopic (exact) mass is 537 g/mol. The normalized spacial score (nSPS) is 13.6. The first-order valence-electron chi connectivity index (χ1n) is 7.52. The standard InChI is InChI=1S/C17H17BrClN3O2.HI/c18-12-3-2-11(14(19)8-12)10-21-17(20)22-13-4-5-15-16(9-13)24-7-1-6-23-15;/h2-5,8-9H,1,6-7,10H2,(H3,20,21,22);1H. The van der Waals surface area contributed by atoms with Gasteiger partial charge in [0.2, 0.25) is 0 Å². The number of benzene rings is 2. The van der Waals surface area contributed by atoms with Gasteiger partial charge in [0.05, 0.1) is 19.8 Å². The highest BCUT2D eigenvalue weighted by Crippen LogP contribution is 2.32. The zero-order chi connectivity index (χ0) is 16.9. The highest BCUT2D eigenvalue weighted by molar-refractivity contribution is 14.0. The zero-order valence-electron chi connectivity index (χ0n) is 13.3. The van der Waals surface area contributed by atoms with Gasteiger partial charge in [-0.15, -0.1) is 24.0 Å². The van der Waals surface area contributed by atoms with Crippen molar-refractivity contribution in [2.24, 2.45) is 10.7 Å². The minimum atomic E-state index is 0. The minimum Gasteiger partial charge on any atom is -0.490 e. The maximum Gasteiger partial charge on any atom is 0.193 e. The van der Waals surface area contributed by atoms with Crippen LogP contribution in [-0.2, 0) is 6.54 Å². The highest BCUT2D eigenvalue weighted by Gasteiger charge is 2.11. The van der Waals surface area contributed by atoms with Crippen LogP contribution >= 0.6 is 51.5 Å². The minimum absolute atomic E-state index is 0. The Morgan fingerprint density at radius 2 is 1.92 bits per heavy atom. The number of aliphatic imine (C=N–C) groups is 1. The van der Waals surface area contributed by atoms with Crippen LogP contribution in [0.1, 0.15) is 12.0 Å². The van der Waals surface area contributed by atoms with E-state index in [2.05, 4.69) is 26.2 Å². The quantitative estimate of drug-likeness (QED) is 0.335. The molecule has 0 saturated heterocycles. The Hall–Kier alpha value is -1.19. The number of rotatable bonds is 3. The van der Waals surface area contributed by atoms with Gasteiger partial charge in [0.15, 0.2) is 17.5 Å². The molecule has 0 aromatic heterocycles. The summed E-state index contributed by atoms with van der Waals surface area (Å²) in [5, 5.41) is 3.70. The average molecular weight is 539 g/mol. The van der Waals surface area contributed by atoms with Crippen LogP contribution in [0.3, 0.4) is 0 Å². The van der Waals surface area contributed by atoms with E-state index >= 15 is 0 Å². The fraction of sp³-hybridized carbons (Fsp3) is 0.235. The lowest BCUT2D eigenvalue weighted by Crippen LogP contribution is -2.22. The predicted molar refractivity (Wildman–Crippen MR) is 116 cm³/mol. The van der Waals surface area contributed by atoms with E-state index in [0.29, 0.717) is 36.5 Å². The molecule has 1 heterocycles. The molecular weight excluding hydrogens is 520 g/mol. The number of ether oxygens (including phenoxy) is 2. The Kier molecular flexibility index (Phi) is 7.64. The van der Waals surface area contributed by atoms with Gasteiger partial charge in [-0.2, -0.15) is 0 Å². The van der Waals surface area contributed by atoms with Crippen molar-refractivity contribution in [3.8, 4) is 11.5 Å². The van der Waals surface area contributed by atoms with Crippen LogP contribution in [0.4, 0.5) is 5.69 Å². The molecule has 0 aliphatic carbocycles. The Balaban J connectivity index is 0.00000225. The molecule has 2 aromatic carbocycles. The molecule has 0 amide bonds. The number of fused-ring (bicyclic) bond motifs is 1. The van der Waals surface area contributed by atoms with Crippen LogP contribution < -0.4 is 20.5 Å². The zero-order valence-corrected chi connectivity index (χ0v) is 18.0. The number of nitrogens with two attached hydrogens (primary N) is 1. The molecule has 25 heavy (non-hydrogen) atoms. The SMILES string of the molecule is I.NC(=NCc1ccc(Br)cc1Cl)Nc1ccc2c(c1)OCCCO2. The molecule has 0 atom stereocenters. The maximum absolute atomic E-state index is 6.18. The summed E-state index contributed by atoms with van der Waals surface area (Å²) in [5.74, 6) is 1.76. The van der Waals surface area contributed by atoms with Crippen LogP contribution in [0.15, 0.2) is 45.9 Å². The number of hydrogen-bond donors (Lipinski definition) is 2. The van der Waals surface area contributed by atoms with Crippen molar-refractivity contribution in [2.75, 3.05) is 18.5 Å². The van der Waals surface area contributed by atoms with Gasteiger partial charge >= 0.3 is 0 Å². The van der Waals surface area contributed by atoms with E-state index in [1.54, 1.807) is 0 Å².